The third-order valence-corrected chi connectivity index (χ3v) is 8.89. The van der Waals surface area contributed by atoms with E-state index in [0.717, 1.165) is 55.1 Å². The molecular formula is C22H25N5O2S3. The molecule has 3 heterocycles. The third-order valence-electron chi connectivity index (χ3n) is 5.90. The zero-order valence-electron chi connectivity index (χ0n) is 17.8. The second-order valence-corrected chi connectivity index (χ2v) is 11.6. The Kier molecular flexibility index (Phi) is 6.09. The van der Waals surface area contributed by atoms with Crippen LogP contribution in [0.4, 0.5) is 5.00 Å². The van der Waals surface area contributed by atoms with E-state index in [1.807, 2.05) is 6.07 Å². The van der Waals surface area contributed by atoms with Gasteiger partial charge < -0.3 is 15.6 Å². The Balaban J connectivity index is 1.28. The van der Waals surface area contributed by atoms with Crippen molar-refractivity contribution in [2.45, 2.75) is 56.6 Å². The van der Waals surface area contributed by atoms with Crippen molar-refractivity contribution in [1.82, 2.24) is 14.8 Å². The Labute approximate surface area is 198 Å². The number of nitrogens with one attached hydrogen (secondary N) is 1. The van der Waals surface area contributed by atoms with Crippen LogP contribution in [0.5, 0.6) is 0 Å². The van der Waals surface area contributed by atoms with Crippen molar-refractivity contribution in [3.8, 4) is 0 Å². The Hall–Kier alpha value is -2.17. The molecule has 2 amide bonds. The summed E-state index contributed by atoms with van der Waals surface area (Å²) in [5.74, 6) is 1.12. The van der Waals surface area contributed by atoms with E-state index < -0.39 is 5.91 Å². The van der Waals surface area contributed by atoms with Crippen molar-refractivity contribution in [2.75, 3.05) is 11.1 Å². The fraction of sp³-hybridized carbons (Fsp3) is 0.455. The number of hydrogen-bond donors (Lipinski definition) is 2. The van der Waals surface area contributed by atoms with Gasteiger partial charge in [0.1, 0.15) is 10.8 Å². The molecule has 0 aliphatic heterocycles. The van der Waals surface area contributed by atoms with Gasteiger partial charge in [-0.25, -0.2) is 0 Å². The minimum Gasteiger partial charge on any atom is -0.365 e. The number of carbonyl (C=O) groups excluding carboxylic acids is 2. The van der Waals surface area contributed by atoms with Crippen LogP contribution in [0.2, 0.25) is 0 Å². The number of carbonyl (C=O) groups is 2. The molecule has 1 saturated carbocycles. The van der Waals surface area contributed by atoms with Crippen molar-refractivity contribution in [3.05, 3.63) is 44.2 Å². The van der Waals surface area contributed by atoms with E-state index in [4.69, 9.17) is 5.73 Å². The van der Waals surface area contributed by atoms with Crippen molar-refractivity contribution in [3.63, 3.8) is 0 Å². The lowest BCUT2D eigenvalue weighted by molar-refractivity contribution is -0.113. The molecular weight excluding hydrogens is 462 g/mol. The zero-order valence-corrected chi connectivity index (χ0v) is 20.2. The number of anilines is 1. The van der Waals surface area contributed by atoms with Crippen LogP contribution in [0.1, 0.15) is 63.7 Å². The highest BCUT2D eigenvalue weighted by molar-refractivity contribution is 7.99. The molecule has 5 rings (SSSR count). The molecule has 10 heteroatoms. The fourth-order valence-electron chi connectivity index (χ4n) is 4.19. The Morgan fingerprint density at radius 3 is 2.88 bits per heavy atom. The highest BCUT2D eigenvalue weighted by Crippen LogP contribution is 2.41. The van der Waals surface area contributed by atoms with E-state index in [-0.39, 0.29) is 11.7 Å². The van der Waals surface area contributed by atoms with E-state index in [1.165, 1.54) is 32.9 Å². The molecule has 1 fully saturated rings. The molecule has 0 bridgehead atoms. The number of fused-ring (bicyclic) bond motifs is 1. The molecule has 168 valence electrons. The topological polar surface area (TPSA) is 103 Å². The molecule has 3 N–H and O–H groups in total. The summed E-state index contributed by atoms with van der Waals surface area (Å²) in [6.45, 7) is 2.21. The molecule has 3 aromatic heterocycles. The smallest absolute Gasteiger partial charge is 0.251 e. The van der Waals surface area contributed by atoms with Crippen molar-refractivity contribution < 1.29 is 9.59 Å². The van der Waals surface area contributed by atoms with Crippen LogP contribution in [0.15, 0.2) is 22.7 Å². The highest BCUT2D eigenvalue weighted by atomic mass is 32.2. The molecule has 32 heavy (non-hydrogen) atoms. The molecule has 3 aromatic rings. The summed E-state index contributed by atoms with van der Waals surface area (Å²) >= 11 is 4.60. The predicted molar refractivity (Wildman–Crippen MR) is 129 cm³/mol. The molecule has 0 saturated heterocycles. The number of hydrogen-bond acceptors (Lipinski definition) is 7. The SMILES string of the molecule is C[C@H]1CCc2c(sc(NC(=O)CSc3nnc(Cc4cccs4)n3C3CC3)c2C(N)=O)C1. The van der Waals surface area contributed by atoms with Gasteiger partial charge in [0.25, 0.3) is 5.91 Å². The van der Waals surface area contributed by atoms with Crippen LogP contribution >= 0.6 is 34.4 Å². The maximum absolute atomic E-state index is 12.8. The molecule has 2 aliphatic carbocycles. The number of nitrogens with zero attached hydrogens (tertiary/aromatic N) is 3. The first-order valence-electron chi connectivity index (χ1n) is 10.8. The summed E-state index contributed by atoms with van der Waals surface area (Å²) in [4.78, 5) is 27.3. The van der Waals surface area contributed by atoms with Gasteiger partial charge in [-0.2, -0.15) is 0 Å². The lowest BCUT2D eigenvalue weighted by atomic mass is 9.88. The van der Waals surface area contributed by atoms with Gasteiger partial charge in [-0.05, 0) is 55.0 Å². The molecule has 0 radical (unpaired) electrons. The summed E-state index contributed by atoms with van der Waals surface area (Å²) in [5.41, 5.74) is 7.19. The number of aromatic nitrogens is 3. The lowest BCUT2D eigenvalue weighted by Crippen LogP contribution is -2.20. The minimum absolute atomic E-state index is 0.158. The quantitative estimate of drug-likeness (QED) is 0.462. The number of primary amides is 1. The Morgan fingerprint density at radius 2 is 2.16 bits per heavy atom. The predicted octanol–water partition coefficient (Wildman–Crippen LogP) is 4.28. The maximum atomic E-state index is 12.8. The molecule has 0 unspecified atom stereocenters. The van der Waals surface area contributed by atoms with E-state index in [9.17, 15) is 9.59 Å². The maximum Gasteiger partial charge on any atom is 0.251 e. The second kappa shape index (κ2) is 8.99. The van der Waals surface area contributed by atoms with Gasteiger partial charge in [0, 0.05) is 22.2 Å². The molecule has 0 spiro atoms. The van der Waals surface area contributed by atoms with Gasteiger partial charge in [0.2, 0.25) is 5.91 Å². The van der Waals surface area contributed by atoms with Crippen LogP contribution in [0, 0.1) is 5.92 Å². The van der Waals surface area contributed by atoms with Gasteiger partial charge in [-0.3, -0.25) is 9.59 Å². The monoisotopic (exact) mass is 487 g/mol. The van der Waals surface area contributed by atoms with Gasteiger partial charge in [0.05, 0.1) is 11.3 Å². The molecule has 1 atom stereocenters. The van der Waals surface area contributed by atoms with E-state index in [2.05, 4.69) is 38.5 Å². The number of amides is 2. The standard InChI is InChI=1S/C22H25N5O2S3/c1-12-4-7-15-16(9-12)32-21(19(15)20(23)29)24-18(28)11-31-22-26-25-17(27(22)13-5-6-13)10-14-3-2-8-30-14/h2-3,8,12-13H,4-7,9-11H2,1H3,(H2,23,29)(H,24,28)/t12-/m0/s1. The molecule has 7 nitrogen and oxygen atoms in total. The van der Waals surface area contributed by atoms with E-state index in [0.29, 0.717) is 22.5 Å². The van der Waals surface area contributed by atoms with Crippen LogP contribution in [-0.2, 0) is 24.1 Å². The van der Waals surface area contributed by atoms with Gasteiger partial charge in [0.15, 0.2) is 5.16 Å². The van der Waals surface area contributed by atoms with Crippen LogP contribution in [0.25, 0.3) is 0 Å². The number of thiophene rings is 2. The van der Waals surface area contributed by atoms with E-state index >= 15 is 0 Å². The average molecular weight is 488 g/mol. The lowest BCUT2D eigenvalue weighted by Gasteiger charge is -2.18. The van der Waals surface area contributed by atoms with Crippen molar-refractivity contribution in [1.29, 1.82) is 0 Å². The van der Waals surface area contributed by atoms with Crippen LogP contribution in [-0.4, -0.2) is 32.3 Å². The first-order chi connectivity index (χ1) is 15.5. The van der Waals surface area contributed by atoms with E-state index in [1.54, 1.807) is 11.3 Å². The summed E-state index contributed by atoms with van der Waals surface area (Å²) in [5, 5.41) is 15.2. The normalized spacial score (nSPS) is 17.8. The molecule has 2 aliphatic rings. The summed E-state index contributed by atoms with van der Waals surface area (Å²) in [6, 6.07) is 4.58. The highest BCUT2D eigenvalue weighted by Gasteiger charge is 2.30. The van der Waals surface area contributed by atoms with Crippen LogP contribution in [0.3, 0.4) is 0 Å². The Morgan fingerprint density at radius 1 is 1.31 bits per heavy atom. The number of thioether (sulfide) groups is 1. The summed E-state index contributed by atoms with van der Waals surface area (Å²) < 4.78 is 2.19. The summed E-state index contributed by atoms with van der Waals surface area (Å²) in [6.07, 6.45) is 5.82. The largest absolute Gasteiger partial charge is 0.365 e. The van der Waals surface area contributed by atoms with Crippen molar-refractivity contribution in [2.24, 2.45) is 11.7 Å². The first kappa shape index (κ1) is 21.7. The Bertz CT molecular complexity index is 1150. The minimum atomic E-state index is -0.466. The zero-order chi connectivity index (χ0) is 22.2. The van der Waals surface area contributed by atoms with Gasteiger partial charge in [-0.15, -0.1) is 32.9 Å². The van der Waals surface area contributed by atoms with Gasteiger partial charge in [-0.1, -0.05) is 24.8 Å². The number of nitrogens with two attached hydrogens (primary N) is 1. The average Bonchev–Trinajstić information content (AvgIpc) is 3.15. The number of rotatable bonds is 8. The molecule has 0 aromatic carbocycles. The van der Waals surface area contributed by atoms with Crippen LogP contribution < -0.4 is 11.1 Å². The summed E-state index contributed by atoms with van der Waals surface area (Å²) in [7, 11) is 0. The fourth-order valence-corrected chi connectivity index (χ4v) is 7.15. The second-order valence-electron chi connectivity index (χ2n) is 8.51. The first-order valence-corrected chi connectivity index (χ1v) is 13.5. The third kappa shape index (κ3) is 4.49. The van der Waals surface area contributed by atoms with Crippen molar-refractivity contribution >= 4 is 51.3 Å². The van der Waals surface area contributed by atoms with Gasteiger partial charge >= 0.3 is 0 Å².